The van der Waals surface area contributed by atoms with Gasteiger partial charge in [0.1, 0.15) is 17.1 Å². The van der Waals surface area contributed by atoms with Gasteiger partial charge in [-0.05, 0) is 25.5 Å². The van der Waals surface area contributed by atoms with Crippen LogP contribution in [-0.2, 0) is 9.53 Å². The van der Waals surface area contributed by atoms with E-state index in [1.54, 1.807) is 26.0 Å². The highest BCUT2D eigenvalue weighted by Crippen LogP contribution is 2.43. The molecule has 0 spiro atoms. The number of hydrogen-bond donors (Lipinski definition) is 1. The summed E-state index contributed by atoms with van der Waals surface area (Å²) in [6.45, 7) is 3.50. The Morgan fingerprint density at radius 3 is 2.76 bits per heavy atom. The molecule has 2 aromatic rings. The van der Waals surface area contributed by atoms with Crippen LogP contribution in [0.25, 0.3) is 0 Å². The monoisotopic (exact) mass is 405 g/mol. The summed E-state index contributed by atoms with van der Waals surface area (Å²) >= 11 is 3.47. The molecule has 2 heterocycles. The molecule has 1 aromatic heterocycles. The summed E-state index contributed by atoms with van der Waals surface area (Å²) < 4.78 is 16.6. The van der Waals surface area contributed by atoms with Crippen molar-refractivity contribution in [1.29, 1.82) is 0 Å². The average molecular weight is 406 g/mol. The van der Waals surface area contributed by atoms with Gasteiger partial charge in [0.05, 0.1) is 18.1 Å². The van der Waals surface area contributed by atoms with Crippen LogP contribution >= 0.6 is 15.9 Å². The van der Waals surface area contributed by atoms with E-state index in [0.29, 0.717) is 11.3 Å². The van der Waals surface area contributed by atoms with E-state index in [0.717, 1.165) is 4.47 Å². The largest absolute Gasteiger partial charge is 0.462 e. The van der Waals surface area contributed by atoms with Gasteiger partial charge in [0, 0.05) is 10.5 Å². The molecule has 1 aliphatic rings. The summed E-state index contributed by atoms with van der Waals surface area (Å²) in [5.74, 6) is -0.805. The summed E-state index contributed by atoms with van der Waals surface area (Å²) in [6.07, 6.45) is 0. The normalized spacial score (nSPS) is 16.2. The van der Waals surface area contributed by atoms with E-state index in [1.807, 2.05) is 18.2 Å². The smallest absolute Gasteiger partial charge is 0.343 e. The van der Waals surface area contributed by atoms with E-state index in [1.165, 1.54) is 0 Å². The molecule has 0 radical (unpaired) electrons. The molecule has 3 rings (SSSR count). The predicted molar refractivity (Wildman–Crippen MR) is 94.2 cm³/mol. The van der Waals surface area contributed by atoms with Crippen LogP contribution in [0.5, 0.6) is 5.75 Å². The number of halogens is 1. The number of rotatable bonds is 3. The molecule has 0 saturated heterocycles. The Morgan fingerprint density at radius 1 is 1.36 bits per heavy atom. The van der Waals surface area contributed by atoms with Gasteiger partial charge in [0.2, 0.25) is 5.88 Å². The third kappa shape index (κ3) is 3.07. The first kappa shape index (κ1) is 17.3. The number of nitrogens with two attached hydrogens (primary N) is 1. The molecular weight excluding hydrogens is 390 g/mol. The average Bonchev–Trinajstić information content (AvgIpc) is 2.53. The molecule has 130 valence electrons. The Bertz CT molecular complexity index is 931. The number of aryl methyl sites for hydroxylation is 1. The maximum absolute atomic E-state index is 12.5. The molecule has 0 unspecified atom stereocenters. The first-order valence-corrected chi connectivity index (χ1v) is 8.47. The highest BCUT2D eigenvalue weighted by molar-refractivity contribution is 9.10. The molecule has 0 amide bonds. The fraction of sp³-hybridized carbons (Fsp3) is 0.222. The molecule has 7 heteroatoms. The summed E-state index contributed by atoms with van der Waals surface area (Å²) in [5, 5.41) is 0. The van der Waals surface area contributed by atoms with Crippen LogP contribution in [-0.4, -0.2) is 12.6 Å². The van der Waals surface area contributed by atoms with Crippen LogP contribution in [0.4, 0.5) is 0 Å². The minimum Gasteiger partial charge on any atom is -0.462 e. The van der Waals surface area contributed by atoms with Gasteiger partial charge in [0.15, 0.2) is 0 Å². The van der Waals surface area contributed by atoms with Crippen molar-refractivity contribution in [2.75, 3.05) is 6.61 Å². The minimum absolute atomic E-state index is 0.0809. The maximum atomic E-state index is 12.5. The van der Waals surface area contributed by atoms with Crippen LogP contribution in [0.2, 0.25) is 0 Å². The molecule has 0 aliphatic carbocycles. The fourth-order valence-electron chi connectivity index (χ4n) is 2.85. The molecule has 0 saturated carbocycles. The SMILES string of the molecule is CCOC(=O)C1=C(N)Oc2cc(C)oc(=O)c2[C@H]1c1ccccc1Br. The Balaban J connectivity index is 2.30. The van der Waals surface area contributed by atoms with E-state index in [4.69, 9.17) is 19.6 Å². The Morgan fingerprint density at radius 2 is 2.08 bits per heavy atom. The lowest BCUT2D eigenvalue weighted by molar-refractivity contribution is -0.139. The Kier molecular flexibility index (Phi) is 4.67. The maximum Gasteiger partial charge on any atom is 0.343 e. The molecule has 0 fully saturated rings. The first-order chi connectivity index (χ1) is 11.9. The van der Waals surface area contributed by atoms with Gasteiger partial charge in [0.25, 0.3) is 0 Å². The number of benzene rings is 1. The number of carbonyl (C=O) groups excluding carboxylic acids is 1. The van der Waals surface area contributed by atoms with Crippen LogP contribution in [0.3, 0.4) is 0 Å². The number of hydrogen-bond acceptors (Lipinski definition) is 6. The van der Waals surface area contributed by atoms with Crippen molar-refractivity contribution < 1.29 is 18.7 Å². The number of esters is 1. The lowest BCUT2D eigenvalue weighted by atomic mass is 9.84. The van der Waals surface area contributed by atoms with Crippen LogP contribution in [0, 0.1) is 6.92 Å². The Labute approximate surface area is 152 Å². The highest BCUT2D eigenvalue weighted by Gasteiger charge is 2.39. The second-order valence-electron chi connectivity index (χ2n) is 5.48. The van der Waals surface area contributed by atoms with Gasteiger partial charge in [-0.3, -0.25) is 0 Å². The molecule has 25 heavy (non-hydrogen) atoms. The molecule has 2 N–H and O–H groups in total. The second kappa shape index (κ2) is 6.76. The molecule has 0 bridgehead atoms. The zero-order valence-corrected chi connectivity index (χ0v) is 15.3. The van der Waals surface area contributed by atoms with Crippen LogP contribution < -0.4 is 16.1 Å². The molecule has 1 aromatic carbocycles. The third-order valence-corrected chi connectivity index (χ3v) is 4.57. The lowest BCUT2D eigenvalue weighted by Gasteiger charge is -2.27. The highest BCUT2D eigenvalue weighted by atomic mass is 79.9. The molecular formula is C18H16BrNO5. The van der Waals surface area contributed by atoms with Crippen molar-refractivity contribution in [1.82, 2.24) is 0 Å². The quantitative estimate of drug-likeness (QED) is 0.789. The van der Waals surface area contributed by atoms with Crippen molar-refractivity contribution in [2.45, 2.75) is 19.8 Å². The summed E-state index contributed by atoms with van der Waals surface area (Å²) in [7, 11) is 0. The van der Waals surface area contributed by atoms with Gasteiger partial charge in [-0.25, -0.2) is 9.59 Å². The number of carbonyl (C=O) groups is 1. The van der Waals surface area contributed by atoms with Crippen molar-refractivity contribution in [3.05, 3.63) is 73.6 Å². The van der Waals surface area contributed by atoms with Crippen LogP contribution in [0.15, 0.2) is 55.5 Å². The van der Waals surface area contributed by atoms with Gasteiger partial charge in [-0.15, -0.1) is 0 Å². The van der Waals surface area contributed by atoms with Gasteiger partial charge < -0.3 is 19.6 Å². The molecule has 6 nitrogen and oxygen atoms in total. The lowest BCUT2D eigenvalue weighted by Crippen LogP contribution is -2.31. The molecule has 1 aliphatic heterocycles. The predicted octanol–water partition coefficient (Wildman–Crippen LogP) is 2.97. The van der Waals surface area contributed by atoms with Crippen molar-refractivity contribution in [3.8, 4) is 5.75 Å². The zero-order chi connectivity index (χ0) is 18.1. The standard InChI is InChI=1S/C18H16BrNO5/c1-3-23-17(21)15-13(10-6-4-5-7-11(10)19)14-12(25-16(15)20)8-9(2)24-18(14)22/h4-8,13H,3,20H2,1-2H3/t13-/m1/s1. The van der Waals surface area contributed by atoms with Crippen LogP contribution in [0.1, 0.15) is 29.7 Å². The second-order valence-corrected chi connectivity index (χ2v) is 6.33. The van der Waals surface area contributed by atoms with E-state index in [-0.39, 0.29) is 29.4 Å². The summed E-state index contributed by atoms with van der Waals surface area (Å²) in [5.41, 5.74) is 6.42. The minimum atomic E-state index is -0.754. The van der Waals surface area contributed by atoms with Gasteiger partial charge in [-0.1, -0.05) is 34.1 Å². The van der Waals surface area contributed by atoms with Gasteiger partial charge in [-0.2, -0.15) is 0 Å². The topological polar surface area (TPSA) is 91.8 Å². The number of fused-ring (bicyclic) bond motifs is 1. The van der Waals surface area contributed by atoms with Crippen molar-refractivity contribution >= 4 is 21.9 Å². The Hall–Kier alpha value is -2.54. The van der Waals surface area contributed by atoms with E-state index in [9.17, 15) is 9.59 Å². The van der Waals surface area contributed by atoms with E-state index < -0.39 is 17.5 Å². The van der Waals surface area contributed by atoms with Crippen molar-refractivity contribution in [3.63, 3.8) is 0 Å². The zero-order valence-electron chi connectivity index (χ0n) is 13.7. The summed E-state index contributed by atoms with van der Waals surface area (Å²) in [4.78, 5) is 25.0. The third-order valence-electron chi connectivity index (χ3n) is 3.85. The number of ether oxygens (including phenoxy) is 2. The van der Waals surface area contributed by atoms with Gasteiger partial charge >= 0.3 is 11.6 Å². The van der Waals surface area contributed by atoms with E-state index >= 15 is 0 Å². The fourth-order valence-corrected chi connectivity index (χ4v) is 3.36. The van der Waals surface area contributed by atoms with E-state index in [2.05, 4.69) is 15.9 Å². The molecule has 1 atom stereocenters. The van der Waals surface area contributed by atoms with Crippen molar-refractivity contribution in [2.24, 2.45) is 5.73 Å². The first-order valence-electron chi connectivity index (χ1n) is 7.67. The summed E-state index contributed by atoms with van der Waals surface area (Å²) in [6, 6.07) is 8.84.